The molecule has 1 amide bonds. The van der Waals surface area contributed by atoms with Gasteiger partial charge in [0.25, 0.3) is 0 Å². The zero-order valence-electron chi connectivity index (χ0n) is 11.0. The second-order valence-corrected chi connectivity index (χ2v) is 5.01. The van der Waals surface area contributed by atoms with Crippen LogP contribution in [0, 0.1) is 0 Å². The molecule has 1 aliphatic carbocycles. The summed E-state index contributed by atoms with van der Waals surface area (Å²) in [5, 5.41) is 3.20. The highest BCUT2D eigenvalue weighted by molar-refractivity contribution is 5.85. The molecule has 0 bridgehead atoms. The van der Waals surface area contributed by atoms with E-state index in [1.165, 1.54) is 0 Å². The van der Waals surface area contributed by atoms with Crippen molar-refractivity contribution >= 4 is 11.9 Å². The van der Waals surface area contributed by atoms with Gasteiger partial charge in [0.05, 0.1) is 13.2 Å². The van der Waals surface area contributed by atoms with Crippen LogP contribution in [0.25, 0.3) is 0 Å². The van der Waals surface area contributed by atoms with Crippen LogP contribution < -0.4 is 5.32 Å². The monoisotopic (exact) mass is 254 g/mol. The number of likely N-dealkylation sites (tertiary alicyclic amines) is 1. The first-order chi connectivity index (χ1) is 8.72. The van der Waals surface area contributed by atoms with Crippen LogP contribution in [0.2, 0.25) is 0 Å². The van der Waals surface area contributed by atoms with Crippen molar-refractivity contribution in [3.05, 3.63) is 0 Å². The molecule has 0 aromatic heterocycles. The van der Waals surface area contributed by atoms with Gasteiger partial charge < -0.3 is 15.0 Å². The van der Waals surface area contributed by atoms with E-state index in [2.05, 4.69) is 5.32 Å². The zero-order chi connectivity index (χ0) is 13.0. The smallest absolute Gasteiger partial charge is 0.328 e. The Morgan fingerprint density at radius 2 is 2.06 bits per heavy atom. The van der Waals surface area contributed by atoms with Crippen molar-refractivity contribution in [1.82, 2.24) is 10.2 Å². The van der Waals surface area contributed by atoms with Crippen LogP contribution in [-0.4, -0.2) is 48.6 Å². The summed E-state index contributed by atoms with van der Waals surface area (Å²) in [6.45, 7) is 3.19. The molecular weight excluding hydrogens is 232 g/mol. The Balaban J connectivity index is 1.88. The molecule has 1 N–H and O–H groups in total. The zero-order valence-corrected chi connectivity index (χ0v) is 11.0. The summed E-state index contributed by atoms with van der Waals surface area (Å²) in [7, 11) is 0. The molecular formula is C13H22N2O3. The van der Waals surface area contributed by atoms with Gasteiger partial charge >= 0.3 is 5.97 Å². The lowest BCUT2D eigenvalue weighted by Gasteiger charge is -2.34. The maximum absolute atomic E-state index is 12.1. The topological polar surface area (TPSA) is 58.6 Å². The Hall–Kier alpha value is -1.10. The SMILES string of the molecule is CCOC(=O)C1CCCCN1C(=O)CNC1CC1. The quantitative estimate of drug-likeness (QED) is 0.733. The number of carbonyl (C=O) groups excluding carboxylic acids is 2. The first-order valence-electron chi connectivity index (χ1n) is 6.92. The molecule has 1 saturated heterocycles. The number of rotatable bonds is 5. The summed E-state index contributed by atoms with van der Waals surface area (Å²) in [5.74, 6) is -0.225. The van der Waals surface area contributed by atoms with E-state index in [1.54, 1.807) is 11.8 Å². The van der Waals surface area contributed by atoms with Gasteiger partial charge in [-0.25, -0.2) is 4.79 Å². The molecule has 0 aromatic rings. The summed E-state index contributed by atoms with van der Waals surface area (Å²) >= 11 is 0. The maximum atomic E-state index is 12.1. The Morgan fingerprint density at radius 1 is 1.28 bits per heavy atom. The largest absolute Gasteiger partial charge is 0.464 e. The second-order valence-electron chi connectivity index (χ2n) is 5.01. The standard InChI is InChI=1S/C13H22N2O3/c1-2-18-13(17)11-5-3-4-8-15(11)12(16)9-14-10-6-7-10/h10-11,14H,2-9H2,1H3. The number of hydrogen-bond donors (Lipinski definition) is 1. The lowest BCUT2D eigenvalue weighted by atomic mass is 10.0. The van der Waals surface area contributed by atoms with Crippen molar-refractivity contribution in [2.75, 3.05) is 19.7 Å². The van der Waals surface area contributed by atoms with Gasteiger partial charge in [-0.15, -0.1) is 0 Å². The Labute approximate surface area is 108 Å². The van der Waals surface area contributed by atoms with E-state index in [0.29, 0.717) is 25.7 Å². The fourth-order valence-electron chi connectivity index (χ4n) is 2.33. The summed E-state index contributed by atoms with van der Waals surface area (Å²) in [6, 6.07) is 0.145. The van der Waals surface area contributed by atoms with Crippen LogP contribution in [0.3, 0.4) is 0 Å². The van der Waals surface area contributed by atoms with E-state index in [1.807, 2.05) is 0 Å². The molecule has 2 fully saturated rings. The second kappa shape index (κ2) is 6.18. The normalized spacial score (nSPS) is 23.8. The van der Waals surface area contributed by atoms with Crippen molar-refractivity contribution in [1.29, 1.82) is 0 Å². The van der Waals surface area contributed by atoms with Gasteiger partial charge in [-0.2, -0.15) is 0 Å². The van der Waals surface area contributed by atoms with Crippen molar-refractivity contribution in [3.8, 4) is 0 Å². The minimum atomic E-state index is -0.368. The summed E-state index contributed by atoms with van der Waals surface area (Å²) in [4.78, 5) is 25.6. The number of ether oxygens (including phenoxy) is 1. The number of nitrogens with zero attached hydrogens (tertiary/aromatic N) is 1. The molecule has 1 saturated carbocycles. The third-order valence-electron chi connectivity index (χ3n) is 3.50. The third-order valence-corrected chi connectivity index (χ3v) is 3.50. The van der Waals surface area contributed by atoms with E-state index >= 15 is 0 Å². The van der Waals surface area contributed by atoms with Crippen LogP contribution in [0.1, 0.15) is 39.0 Å². The first-order valence-corrected chi connectivity index (χ1v) is 6.92. The van der Waals surface area contributed by atoms with Gasteiger partial charge in [0.1, 0.15) is 6.04 Å². The average Bonchev–Trinajstić information content (AvgIpc) is 3.20. The van der Waals surface area contributed by atoms with Crippen LogP contribution in [0.4, 0.5) is 0 Å². The van der Waals surface area contributed by atoms with E-state index in [4.69, 9.17) is 4.74 Å². The van der Waals surface area contributed by atoms with Crippen molar-refractivity contribution < 1.29 is 14.3 Å². The lowest BCUT2D eigenvalue weighted by Crippen LogP contribution is -2.51. The number of piperidine rings is 1. The fraction of sp³-hybridized carbons (Fsp3) is 0.846. The predicted molar refractivity (Wildman–Crippen MR) is 67.0 cm³/mol. The van der Waals surface area contributed by atoms with Gasteiger partial charge in [0.2, 0.25) is 5.91 Å². The summed E-state index contributed by atoms with van der Waals surface area (Å²) in [6.07, 6.45) is 5.02. The first kappa shape index (κ1) is 13.3. The van der Waals surface area contributed by atoms with Crippen molar-refractivity contribution in [2.24, 2.45) is 0 Å². The molecule has 0 aromatic carbocycles. The van der Waals surface area contributed by atoms with Gasteiger partial charge in [-0.3, -0.25) is 4.79 Å². The molecule has 2 rings (SSSR count). The number of hydrogen-bond acceptors (Lipinski definition) is 4. The number of nitrogens with one attached hydrogen (secondary N) is 1. The molecule has 1 heterocycles. The fourth-order valence-corrected chi connectivity index (χ4v) is 2.33. The van der Waals surface area contributed by atoms with Gasteiger partial charge in [-0.05, 0) is 39.0 Å². The van der Waals surface area contributed by atoms with Gasteiger partial charge in [0, 0.05) is 12.6 Å². The van der Waals surface area contributed by atoms with Gasteiger partial charge in [0.15, 0.2) is 0 Å². The average molecular weight is 254 g/mol. The van der Waals surface area contributed by atoms with Gasteiger partial charge in [-0.1, -0.05) is 0 Å². The van der Waals surface area contributed by atoms with Crippen molar-refractivity contribution in [2.45, 2.75) is 51.1 Å². The predicted octanol–water partition coefficient (Wildman–Crippen LogP) is 0.683. The summed E-state index contributed by atoms with van der Waals surface area (Å²) < 4.78 is 5.05. The Bertz CT molecular complexity index is 315. The lowest BCUT2D eigenvalue weighted by molar-refractivity contribution is -0.156. The molecule has 18 heavy (non-hydrogen) atoms. The molecule has 1 unspecified atom stereocenters. The Morgan fingerprint density at radius 3 is 2.72 bits per heavy atom. The van der Waals surface area contributed by atoms with Crippen LogP contribution in [0.15, 0.2) is 0 Å². The molecule has 0 radical (unpaired) electrons. The Kier molecular flexibility index (Phi) is 4.58. The highest BCUT2D eigenvalue weighted by atomic mass is 16.5. The molecule has 5 nitrogen and oxygen atoms in total. The minimum Gasteiger partial charge on any atom is -0.464 e. The molecule has 1 aliphatic heterocycles. The minimum absolute atomic E-state index is 0.0275. The summed E-state index contributed by atoms with van der Waals surface area (Å²) in [5.41, 5.74) is 0. The highest BCUT2D eigenvalue weighted by Gasteiger charge is 2.33. The van der Waals surface area contributed by atoms with Crippen LogP contribution in [0.5, 0.6) is 0 Å². The number of esters is 1. The molecule has 102 valence electrons. The molecule has 1 atom stereocenters. The van der Waals surface area contributed by atoms with Crippen molar-refractivity contribution in [3.63, 3.8) is 0 Å². The molecule has 5 heteroatoms. The van der Waals surface area contributed by atoms with Crippen LogP contribution in [-0.2, 0) is 14.3 Å². The number of carbonyl (C=O) groups is 2. The van der Waals surface area contributed by atoms with Crippen LogP contribution >= 0.6 is 0 Å². The third kappa shape index (κ3) is 3.45. The molecule has 0 spiro atoms. The van der Waals surface area contributed by atoms with E-state index in [0.717, 1.165) is 32.1 Å². The number of amides is 1. The highest BCUT2D eigenvalue weighted by Crippen LogP contribution is 2.20. The van der Waals surface area contributed by atoms with E-state index in [9.17, 15) is 9.59 Å². The maximum Gasteiger partial charge on any atom is 0.328 e. The molecule has 2 aliphatic rings. The van der Waals surface area contributed by atoms with E-state index in [-0.39, 0.29) is 17.9 Å². The van der Waals surface area contributed by atoms with E-state index < -0.39 is 0 Å².